The summed E-state index contributed by atoms with van der Waals surface area (Å²) in [5.41, 5.74) is -0.573. The summed E-state index contributed by atoms with van der Waals surface area (Å²) < 4.78 is 51.0. The molecule has 2 aliphatic rings. The van der Waals surface area contributed by atoms with Gasteiger partial charge in [0.15, 0.2) is 17.4 Å². The molecule has 2 amide bonds. The molecule has 0 aromatic heterocycles. The number of hydrogen-bond acceptors (Lipinski definition) is 4. The molecule has 0 saturated carbocycles. The Morgan fingerprint density at radius 3 is 2.50 bits per heavy atom. The minimum absolute atomic E-state index is 0.0591. The Labute approximate surface area is 148 Å². The van der Waals surface area contributed by atoms with Gasteiger partial charge in [-0.3, -0.25) is 4.79 Å². The molecule has 0 unspecified atom stereocenters. The van der Waals surface area contributed by atoms with Crippen molar-refractivity contribution in [2.75, 3.05) is 33.4 Å². The van der Waals surface area contributed by atoms with Gasteiger partial charge in [0.25, 0.3) is 5.91 Å². The molecule has 0 spiro atoms. The SMILES string of the molecule is COc1c(F)c(F)cc(C(=O)N2CCC(N3CCCOC3=O)CC2)c1F. The number of piperidine rings is 1. The number of carbonyl (C=O) groups excluding carboxylic acids is 2. The summed E-state index contributed by atoms with van der Waals surface area (Å²) >= 11 is 0. The van der Waals surface area contributed by atoms with Gasteiger partial charge < -0.3 is 19.3 Å². The monoisotopic (exact) mass is 372 g/mol. The second-order valence-corrected chi connectivity index (χ2v) is 6.25. The maximum Gasteiger partial charge on any atom is 0.410 e. The average molecular weight is 372 g/mol. The summed E-state index contributed by atoms with van der Waals surface area (Å²) in [5, 5.41) is 0. The molecule has 0 aliphatic carbocycles. The van der Waals surface area contributed by atoms with Gasteiger partial charge in [0.2, 0.25) is 5.82 Å². The Balaban J connectivity index is 1.71. The van der Waals surface area contributed by atoms with Crippen molar-refractivity contribution < 1.29 is 32.2 Å². The van der Waals surface area contributed by atoms with Crippen molar-refractivity contribution in [1.82, 2.24) is 9.80 Å². The van der Waals surface area contributed by atoms with E-state index in [4.69, 9.17) is 4.74 Å². The van der Waals surface area contributed by atoms with Crippen LogP contribution in [0.25, 0.3) is 0 Å². The number of methoxy groups -OCH3 is 1. The van der Waals surface area contributed by atoms with Gasteiger partial charge >= 0.3 is 6.09 Å². The van der Waals surface area contributed by atoms with E-state index >= 15 is 0 Å². The minimum atomic E-state index is -1.47. The van der Waals surface area contributed by atoms with Crippen molar-refractivity contribution in [2.45, 2.75) is 25.3 Å². The first-order valence-electron chi connectivity index (χ1n) is 8.38. The Bertz CT molecular complexity index is 720. The molecule has 0 radical (unpaired) electrons. The first kappa shape index (κ1) is 18.3. The number of carbonyl (C=O) groups is 2. The molecular weight excluding hydrogens is 353 g/mol. The van der Waals surface area contributed by atoms with E-state index in [-0.39, 0.29) is 25.2 Å². The molecule has 2 saturated heterocycles. The number of hydrogen-bond donors (Lipinski definition) is 0. The fourth-order valence-corrected chi connectivity index (χ4v) is 3.37. The Morgan fingerprint density at radius 1 is 1.19 bits per heavy atom. The third-order valence-electron chi connectivity index (χ3n) is 4.75. The highest BCUT2D eigenvalue weighted by Crippen LogP contribution is 2.29. The van der Waals surface area contributed by atoms with Gasteiger partial charge in [0, 0.05) is 25.7 Å². The topological polar surface area (TPSA) is 59.1 Å². The number of halogens is 3. The predicted octanol–water partition coefficient (Wildman–Crippen LogP) is 2.56. The maximum absolute atomic E-state index is 14.3. The molecule has 2 heterocycles. The molecular formula is C17H19F3N2O4. The Morgan fingerprint density at radius 2 is 1.88 bits per heavy atom. The highest BCUT2D eigenvalue weighted by atomic mass is 19.2. The number of cyclic esters (lactones) is 1. The first-order chi connectivity index (χ1) is 12.4. The van der Waals surface area contributed by atoms with E-state index in [9.17, 15) is 22.8 Å². The number of likely N-dealkylation sites (tertiary alicyclic amines) is 1. The number of amides is 2. The van der Waals surface area contributed by atoms with Gasteiger partial charge in [-0.1, -0.05) is 0 Å². The van der Waals surface area contributed by atoms with Gasteiger partial charge in [0.1, 0.15) is 0 Å². The van der Waals surface area contributed by atoms with E-state index < -0.39 is 34.7 Å². The second-order valence-electron chi connectivity index (χ2n) is 6.25. The molecule has 0 bridgehead atoms. The third kappa shape index (κ3) is 3.30. The first-order valence-corrected chi connectivity index (χ1v) is 8.38. The van der Waals surface area contributed by atoms with E-state index in [1.54, 1.807) is 4.90 Å². The summed E-state index contributed by atoms with van der Waals surface area (Å²) in [6.45, 7) is 1.55. The van der Waals surface area contributed by atoms with Gasteiger partial charge in [0.05, 0.1) is 19.3 Å². The smallest absolute Gasteiger partial charge is 0.410 e. The van der Waals surface area contributed by atoms with Crippen LogP contribution in [0, 0.1) is 17.5 Å². The molecule has 26 heavy (non-hydrogen) atoms. The van der Waals surface area contributed by atoms with E-state index in [0.717, 1.165) is 13.5 Å². The summed E-state index contributed by atoms with van der Waals surface area (Å²) in [6.07, 6.45) is 1.40. The van der Waals surface area contributed by atoms with Gasteiger partial charge in [-0.05, 0) is 25.3 Å². The lowest BCUT2D eigenvalue weighted by atomic mass is 10.0. The lowest BCUT2D eigenvalue weighted by Gasteiger charge is -2.39. The van der Waals surface area contributed by atoms with Crippen molar-refractivity contribution in [3.63, 3.8) is 0 Å². The number of ether oxygens (including phenoxy) is 2. The largest absolute Gasteiger partial charge is 0.491 e. The fraction of sp³-hybridized carbons (Fsp3) is 0.529. The van der Waals surface area contributed by atoms with E-state index in [1.165, 1.54) is 4.90 Å². The number of nitrogens with zero attached hydrogens (tertiary/aromatic N) is 2. The number of rotatable bonds is 3. The van der Waals surface area contributed by atoms with Crippen LogP contribution in [0.3, 0.4) is 0 Å². The van der Waals surface area contributed by atoms with E-state index in [0.29, 0.717) is 32.1 Å². The zero-order valence-corrected chi connectivity index (χ0v) is 14.3. The van der Waals surface area contributed by atoms with E-state index in [2.05, 4.69) is 4.74 Å². The quantitative estimate of drug-likeness (QED) is 0.766. The van der Waals surface area contributed by atoms with Crippen molar-refractivity contribution in [1.29, 1.82) is 0 Å². The molecule has 2 aliphatic heterocycles. The van der Waals surface area contributed by atoms with E-state index in [1.807, 2.05) is 0 Å². The van der Waals surface area contributed by atoms with Crippen LogP contribution in [0.15, 0.2) is 6.07 Å². The summed E-state index contributed by atoms with van der Waals surface area (Å²) in [7, 11) is 0.998. The summed E-state index contributed by atoms with van der Waals surface area (Å²) in [4.78, 5) is 27.3. The summed E-state index contributed by atoms with van der Waals surface area (Å²) in [5.74, 6) is -5.70. The van der Waals surface area contributed by atoms with Crippen LogP contribution >= 0.6 is 0 Å². The number of benzene rings is 1. The lowest BCUT2D eigenvalue weighted by molar-refractivity contribution is 0.0355. The fourth-order valence-electron chi connectivity index (χ4n) is 3.37. The van der Waals surface area contributed by atoms with Crippen LogP contribution in [0.4, 0.5) is 18.0 Å². The predicted molar refractivity (Wildman–Crippen MR) is 84.5 cm³/mol. The van der Waals surface area contributed by atoms with Crippen LogP contribution in [0.1, 0.15) is 29.6 Å². The molecule has 3 rings (SSSR count). The lowest BCUT2D eigenvalue weighted by Crippen LogP contribution is -2.51. The molecule has 6 nitrogen and oxygen atoms in total. The maximum atomic E-state index is 14.3. The minimum Gasteiger partial charge on any atom is -0.491 e. The Hall–Kier alpha value is -2.45. The van der Waals surface area contributed by atoms with Gasteiger partial charge in [-0.25, -0.2) is 13.6 Å². The van der Waals surface area contributed by atoms with Crippen LogP contribution < -0.4 is 4.74 Å². The summed E-state index contributed by atoms with van der Waals surface area (Å²) in [6, 6.07) is 0.486. The van der Waals surface area contributed by atoms with Crippen LogP contribution in [0.2, 0.25) is 0 Å². The highest BCUT2D eigenvalue weighted by Gasteiger charge is 2.33. The van der Waals surface area contributed by atoms with Crippen LogP contribution in [-0.4, -0.2) is 61.2 Å². The Kier molecular flexibility index (Phi) is 5.24. The molecule has 1 aromatic carbocycles. The molecule has 9 heteroatoms. The molecule has 1 aromatic rings. The zero-order chi connectivity index (χ0) is 18.8. The second kappa shape index (κ2) is 7.43. The molecule has 2 fully saturated rings. The normalized spacial score (nSPS) is 18.7. The van der Waals surface area contributed by atoms with Gasteiger partial charge in [-0.2, -0.15) is 4.39 Å². The van der Waals surface area contributed by atoms with Crippen molar-refractivity contribution in [3.8, 4) is 5.75 Å². The average Bonchev–Trinajstić information content (AvgIpc) is 2.65. The standard InChI is InChI=1S/C17H19F3N2O4/c1-25-15-13(19)11(9-12(18)14(15)20)16(23)21-6-3-10(4-7-21)22-5-2-8-26-17(22)24/h9-10H,2-8H2,1H3. The third-order valence-corrected chi connectivity index (χ3v) is 4.75. The van der Waals surface area contributed by atoms with Crippen molar-refractivity contribution in [3.05, 3.63) is 29.1 Å². The highest BCUT2D eigenvalue weighted by molar-refractivity contribution is 5.95. The zero-order valence-electron chi connectivity index (χ0n) is 14.3. The van der Waals surface area contributed by atoms with Crippen LogP contribution in [0.5, 0.6) is 5.75 Å². The molecule has 0 N–H and O–H groups in total. The molecule has 0 atom stereocenters. The van der Waals surface area contributed by atoms with Crippen molar-refractivity contribution in [2.24, 2.45) is 0 Å². The van der Waals surface area contributed by atoms with Crippen LogP contribution in [-0.2, 0) is 4.74 Å². The molecule has 142 valence electrons. The van der Waals surface area contributed by atoms with Crippen molar-refractivity contribution >= 4 is 12.0 Å². The van der Waals surface area contributed by atoms with Gasteiger partial charge in [-0.15, -0.1) is 0 Å².